The van der Waals surface area contributed by atoms with E-state index in [0.717, 1.165) is 11.1 Å². The van der Waals surface area contributed by atoms with Crippen LogP contribution in [0.15, 0.2) is 48.5 Å². The molecule has 2 heteroatoms. The molecular formula is C13H12O2. The Bertz CT molecular complexity index is 449. The summed E-state index contributed by atoms with van der Waals surface area (Å²) in [7, 11) is 0. The van der Waals surface area contributed by atoms with Crippen LogP contribution in [0.5, 0.6) is 5.75 Å². The van der Waals surface area contributed by atoms with E-state index in [-0.39, 0.29) is 12.4 Å². The van der Waals surface area contributed by atoms with Crippen LogP contribution in [-0.4, -0.2) is 10.2 Å². The summed E-state index contributed by atoms with van der Waals surface area (Å²) < 4.78 is 0. The smallest absolute Gasteiger partial charge is 0.121 e. The monoisotopic (exact) mass is 200 g/mol. The summed E-state index contributed by atoms with van der Waals surface area (Å²) in [6.07, 6.45) is 0. The van der Waals surface area contributed by atoms with Gasteiger partial charge in [-0.2, -0.15) is 0 Å². The Kier molecular flexibility index (Phi) is 2.70. The molecule has 0 fully saturated rings. The van der Waals surface area contributed by atoms with Crippen molar-refractivity contribution in [2.24, 2.45) is 0 Å². The van der Waals surface area contributed by atoms with E-state index < -0.39 is 0 Å². The predicted molar refractivity (Wildman–Crippen MR) is 59.5 cm³/mol. The van der Waals surface area contributed by atoms with E-state index in [1.165, 1.54) is 0 Å². The number of rotatable bonds is 2. The molecule has 2 nitrogen and oxygen atoms in total. The van der Waals surface area contributed by atoms with Gasteiger partial charge in [0.25, 0.3) is 0 Å². The molecule has 0 saturated carbocycles. The molecule has 0 spiro atoms. The molecule has 2 aromatic carbocycles. The van der Waals surface area contributed by atoms with Gasteiger partial charge in [0.05, 0.1) is 6.61 Å². The standard InChI is InChI=1S/C13H12O2/c14-9-12-11(7-4-8-13(12)15)10-5-2-1-3-6-10/h1-8,14-15H,9H2. The molecule has 0 unspecified atom stereocenters. The molecule has 0 aliphatic heterocycles. The molecule has 2 rings (SSSR count). The number of hydrogen-bond acceptors (Lipinski definition) is 2. The maximum atomic E-state index is 9.59. The first-order valence-corrected chi connectivity index (χ1v) is 4.80. The fraction of sp³-hybridized carbons (Fsp3) is 0.0769. The lowest BCUT2D eigenvalue weighted by molar-refractivity contribution is 0.276. The topological polar surface area (TPSA) is 40.5 Å². The van der Waals surface area contributed by atoms with Gasteiger partial charge in [0.2, 0.25) is 0 Å². The quantitative estimate of drug-likeness (QED) is 0.782. The van der Waals surface area contributed by atoms with E-state index in [0.29, 0.717) is 5.56 Å². The van der Waals surface area contributed by atoms with Crippen LogP contribution < -0.4 is 0 Å². The third-order valence-electron chi connectivity index (χ3n) is 2.39. The molecule has 0 radical (unpaired) electrons. The second-order valence-corrected chi connectivity index (χ2v) is 3.33. The Morgan fingerprint density at radius 2 is 1.60 bits per heavy atom. The molecule has 0 saturated heterocycles. The highest BCUT2D eigenvalue weighted by molar-refractivity contribution is 5.69. The average molecular weight is 200 g/mol. The zero-order valence-corrected chi connectivity index (χ0v) is 8.22. The molecule has 0 aliphatic rings. The maximum absolute atomic E-state index is 9.59. The summed E-state index contributed by atoms with van der Waals surface area (Å²) in [6, 6.07) is 14.9. The van der Waals surface area contributed by atoms with Crippen molar-refractivity contribution >= 4 is 0 Å². The summed E-state index contributed by atoms with van der Waals surface area (Å²) in [6.45, 7) is -0.156. The van der Waals surface area contributed by atoms with Crippen LogP contribution >= 0.6 is 0 Å². The van der Waals surface area contributed by atoms with Gasteiger partial charge in [-0.05, 0) is 17.2 Å². The molecule has 15 heavy (non-hydrogen) atoms. The normalized spacial score (nSPS) is 10.2. The molecule has 76 valence electrons. The lowest BCUT2D eigenvalue weighted by Gasteiger charge is -2.08. The van der Waals surface area contributed by atoms with Gasteiger partial charge in [0.1, 0.15) is 5.75 Å². The second kappa shape index (κ2) is 4.15. The van der Waals surface area contributed by atoms with Gasteiger partial charge < -0.3 is 10.2 Å². The van der Waals surface area contributed by atoms with E-state index in [1.807, 2.05) is 36.4 Å². The van der Waals surface area contributed by atoms with Crippen molar-refractivity contribution < 1.29 is 10.2 Å². The third-order valence-corrected chi connectivity index (χ3v) is 2.39. The van der Waals surface area contributed by atoms with E-state index >= 15 is 0 Å². The van der Waals surface area contributed by atoms with Gasteiger partial charge in [-0.3, -0.25) is 0 Å². The fourth-order valence-electron chi connectivity index (χ4n) is 1.63. The Morgan fingerprint density at radius 3 is 2.27 bits per heavy atom. The Labute approximate surface area is 88.4 Å². The van der Waals surface area contributed by atoms with Crippen LogP contribution in [0.3, 0.4) is 0 Å². The SMILES string of the molecule is OCc1c(O)cccc1-c1ccccc1. The summed E-state index contributed by atoms with van der Waals surface area (Å²) in [5.74, 6) is 0.138. The average Bonchev–Trinajstić information content (AvgIpc) is 2.30. The summed E-state index contributed by atoms with van der Waals surface area (Å²) in [5.41, 5.74) is 2.44. The van der Waals surface area contributed by atoms with Gasteiger partial charge in [-0.25, -0.2) is 0 Å². The minimum absolute atomic E-state index is 0.138. The van der Waals surface area contributed by atoms with E-state index in [2.05, 4.69) is 0 Å². The molecule has 0 bridgehead atoms. The van der Waals surface area contributed by atoms with Crippen molar-refractivity contribution in [2.45, 2.75) is 6.61 Å². The van der Waals surface area contributed by atoms with Crippen LogP contribution in [0.2, 0.25) is 0 Å². The largest absolute Gasteiger partial charge is 0.508 e. The first-order chi connectivity index (χ1) is 7.33. The zero-order valence-electron chi connectivity index (χ0n) is 8.22. The number of aliphatic hydroxyl groups excluding tert-OH is 1. The zero-order chi connectivity index (χ0) is 10.7. The number of phenols is 1. The summed E-state index contributed by atoms with van der Waals surface area (Å²) in [4.78, 5) is 0. The van der Waals surface area contributed by atoms with E-state index in [4.69, 9.17) is 0 Å². The lowest BCUT2D eigenvalue weighted by Crippen LogP contribution is -1.89. The van der Waals surface area contributed by atoms with Gasteiger partial charge in [-0.1, -0.05) is 42.5 Å². The lowest BCUT2D eigenvalue weighted by atomic mass is 9.99. The minimum atomic E-state index is -0.156. The van der Waals surface area contributed by atoms with Crippen molar-refractivity contribution in [1.82, 2.24) is 0 Å². The van der Waals surface area contributed by atoms with Gasteiger partial charge in [-0.15, -0.1) is 0 Å². The molecule has 0 amide bonds. The van der Waals surface area contributed by atoms with Crippen LogP contribution in [0.4, 0.5) is 0 Å². The van der Waals surface area contributed by atoms with E-state index in [9.17, 15) is 10.2 Å². The van der Waals surface area contributed by atoms with Crippen molar-refractivity contribution in [3.05, 3.63) is 54.1 Å². The van der Waals surface area contributed by atoms with Crippen LogP contribution in [0.25, 0.3) is 11.1 Å². The fourth-order valence-corrected chi connectivity index (χ4v) is 1.63. The van der Waals surface area contributed by atoms with Crippen LogP contribution in [0, 0.1) is 0 Å². The maximum Gasteiger partial charge on any atom is 0.121 e. The molecule has 2 aromatic rings. The Balaban J connectivity index is 2.58. The van der Waals surface area contributed by atoms with Crippen LogP contribution in [-0.2, 0) is 6.61 Å². The van der Waals surface area contributed by atoms with Crippen molar-refractivity contribution in [1.29, 1.82) is 0 Å². The molecule has 0 aliphatic carbocycles. The number of benzene rings is 2. The summed E-state index contributed by atoms with van der Waals surface area (Å²) in [5, 5.41) is 18.8. The van der Waals surface area contributed by atoms with Gasteiger partial charge in [0.15, 0.2) is 0 Å². The second-order valence-electron chi connectivity index (χ2n) is 3.33. The highest BCUT2D eigenvalue weighted by atomic mass is 16.3. The Hall–Kier alpha value is -1.80. The van der Waals surface area contributed by atoms with E-state index in [1.54, 1.807) is 12.1 Å². The van der Waals surface area contributed by atoms with Gasteiger partial charge in [0, 0.05) is 5.56 Å². The molecular weight excluding hydrogens is 188 g/mol. The first kappa shape index (κ1) is 9.74. The first-order valence-electron chi connectivity index (χ1n) is 4.80. The summed E-state index contributed by atoms with van der Waals surface area (Å²) >= 11 is 0. The molecule has 0 aromatic heterocycles. The Morgan fingerprint density at radius 1 is 0.867 bits per heavy atom. The number of hydrogen-bond donors (Lipinski definition) is 2. The predicted octanol–water partition coefficient (Wildman–Crippen LogP) is 2.55. The molecule has 0 heterocycles. The van der Waals surface area contributed by atoms with Crippen molar-refractivity contribution in [3.63, 3.8) is 0 Å². The van der Waals surface area contributed by atoms with Crippen molar-refractivity contribution in [3.8, 4) is 16.9 Å². The minimum Gasteiger partial charge on any atom is -0.508 e. The number of aromatic hydroxyl groups is 1. The highest BCUT2D eigenvalue weighted by Gasteiger charge is 2.07. The van der Waals surface area contributed by atoms with Crippen LogP contribution in [0.1, 0.15) is 5.56 Å². The number of aliphatic hydroxyl groups is 1. The highest BCUT2D eigenvalue weighted by Crippen LogP contribution is 2.29. The van der Waals surface area contributed by atoms with Crippen molar-refractivity contribution in [2.75, 3.05) is 0 Å². The molecule has 2 N–H and O–H groups in total. The van der Waals surface area contributed by atoms with Gasteiger partial charge >= 0.3 is 0 Å². The third kappa shape index (κ3) is 1.85. The molecule has 0 atom stereocenters.